The number of benzene rings is 1. The van der Waals surface area contributed by atoms with Crippen LogP contribution in [0, 0.1) is 5.82 Å². The molecular weight excluding hydrogens is 193 g/mol. The van der Waals surface area contributed by atoms with Gasteiger partial charge in [-0.3, -0.25) is 0 Å². The third kappa shape index (κ3) is 2.29. The largest absolute Gasteiger partial charge is 0.490 e. The van der Waals surface area contributed by atoms with Crippen LogP contribution in [0.2, 0.25) is 0 Å². The van der Waals surface area contributed by atoms with E-state index in [9.17, 15) is 4.39 Å². The van der Waals surface area contributed by atoms with Crippen LogP contribution in [0.15, 0.2) is 18.2 Å². The third-order valence-electron chi connectivity index (χ3n) is 2.81. The maximum atomic E-state index is 13.0. The van der Waals surface area contributed by atoms with Crippen LogP contribution in [0.25, 0.3) is 0 Å². The van der Waals surface area contributed by atoms with Gasteiger partial charge in [-0.2, -0.15) is 0 Å². The second-order valence-corrected chi connectivity index (χ2v) is 4.14. The zero-order valence-electron chi connectivity index (χ0n) is 8.87. The molecule has 0 aromatic heterocycles. The van der Waals surface area contributed by atoms with Gasteiger partial charge in [-0.15, -0.1) is 0 Å². The minimum atomic E-state index is -0.261. The summed E-state index contributed by atoms with van der Waals surface area (Å²) >= 11 is 0. The first-order valence-electron chi connectivity index (χ1n) is 5.38. The van der Waals surface area contributed by atoms with Gasteiger partial charge in [-0.25, -0.2) is 4.39 Å². The molecule has 0 saturated heterocycles. The molecule has 1 aliphatic carbocycles. The number of hydrogen-bond donors (Lipinski definition) is 1. The van der Waals surface area contributed by atoms with Crippen LogP contribution < -0.4 is 10.5 Å². The predicted molar refractivity (Wildman–Crippen MR) is 57.3 cm³/mol. The van der Waals surface area contributed by atoms with E-state index in [2.05, 4.69) is 0 Å². The van der Waals surface area contributed by atoms with Gasteiger partial charge in [0.2, 0.25) is 0 Å². The lowest BCUT2D eigenvalue weighted by Crippen LogP contribution is -2.25. The van der Waals surface area contributed by atoms with Gasteiger partial charge in [-0.05, 0) is 44.4 Å². The Balaban J connectivity index is 2.20. The lowest BCUT2D eigenvalue weighted by Gasteiger charge is -2.28. The predicted octanol–water partition coefficient (Wildman–Crippen LogP) is 2.78. The normalized spacial score (nSPS) is 18.3. The lowest BCUT2D eigenvalue weighted by molar-refractivity contribution is 0.118. The molecule has 0 amide bonds. The Kier molecular flexibility index (Phi) is 2.91. The average molecular weight is 209 g/mol. The summed E-state index contributed by atoms with van der Waals surface area (Å²) in [5, 5.41) is 0. The molecule has 1 aliphatic rings. The van der Waals surface area contributed by atoms with Crippen molar-refractivity contribution in [1.29, 1.82) is 0 Å². The van der Waals surface area contributed by atoms with E-state index in [1.165, 1.54) is 18.6 Å². The standard InChI is InChI=1S/C12H16FNO/c1-8(14)11-7-9(13)5-6-12(11)15-10-3-2-4-10/h5-8,10H,2-4,14H2,1H3/t8-/m0/s1. The smallest absolute Gasteiger partial charge is 0.124 e. The molecule has 0 radical (unpaired) electrons. The zero-order valence-corrected chi connectivity index (χ0v) is 8.87. The van der Waals surface area contributed by atoms with Gasteiger partial charge in [0.1, 0.15) is 11.6 Å². The fourth-order valence-corrected chi connectivity index (χ4v) is 1.65. The minimum absolute atomic E-state index is 0.198. The second-order valence-electron chi connectivity index (χ2n) is 4.14. The van der Waals surface area contributed by atoms with Crippen molar-refractivity contribution in [2.24, 2.45) is 5.73 Å². The topological polar surface area (TPSA) is 35.2 Å². The maximum absolute atomic E-state index is 13.0. The van der Waals surface area contributed by atoms with Crippen molar-refractivity contribution in [3.05, 3.63) is 29.6 Å². The molecule has 15 heavy (non-hydrogen) atoms. The summed E-state index contributed by atoms with van der Waals surface area (Å²) in [7, 11) is 0. The highest BCUT2D eigenvalue weighted by atomic mass is 19.1. The summed E-state index contributed by atoms with van der Waals surface area (Å²) in [4.78, 5) is 0. The Bertz CT molecular complexity index is 347. The SMILES string of the molecule is C[C@H](N)c1cc(F)ccc1OC1CCC1. The Morgan fingerprint density at radius 1 is 1.47 bits per heavy atom. The number of hydrogen-bond acceptors (Lipinski definition) is 2. The van der Waals surface area contributed by atoms with Crippen molar-refractivity contribution in [3.63, 3.8) is 0 Å². The van der Waals surface area contributed by atoms with E-state index in [0.717, 1.165) is 24.2 Å². The number of nitrogens with two attached hydrogens (primary N) is 1. The molecule has 1 atom stereocenters. The molecule has 2 nitrogen and oxygen atoms in total. The first-order chi connectivity index (χ1) is 7.16. The minimum Gasteiger partial charge on any atom is -0.490 e. The first-order valence-corrected chi connectivity index (χ1v) is 5.38. The van der Waals surface area contributed by atoms with E-state index in [1.807, 2.05) is 6.92 Å². The number of rotatable bonds is 3. The molecule has 1 fully saturated rings. The van der Waals surface area contributed by atoms with E-state index < -0.39 is 0 Å². The zero-order chi connectivity index (χ0) is 10.8. The number of halogens is 1. The number of ether oxygens (including phenoxy) is 1. The van der Waals surface area contributed by atoms with Crippen molar-refractivity contribution in [2.75, 3.05) is 0 Å². The van der Waals surface area contributed by atoms with Gasteiger partial charge in [0.25, 0.3) is 0 Å². The summed E-state index contributed by atoms with van der Waals surface area (Å²) < 4.78 is 18.8. The van der Waals surface area contributed by atoms with Gasteiger partial charge in [0, 0.05) is 11.6 Å². The summed E-state index contributed by atoms with van der Waals surface area (Å²) in [5.74, 6) is 0.472. The Morgan fingerprint density at radius 2 is 2.20 bits per heavy atom. The summed E-state index contributed by atoms with van der Waals surface area (Å²) in [5.41, 5.74) is 6.52. The fourth-order valence-electron chi connectivity index (χ4n) is 1.65. The molecule has 1 aromatic carbocycles. The molecular formula is C12H16FNO. The van der Waals surface area contributed by atoms with E-state index in [4.69, 9.17) is 10.5 Å². The molecule has 2 rings (SSSR count). The van der Waals surface area contributed by atoms with E-state index in [1.54, 1.807) is 6.07 Å². The molecule has 0 heterocycles. The highest BCUT2D eigenvalue weighted by Crippen LogP contribution is 2.30. The van der Waals surface area contributed by atoms with Crippen molar-refractivity contribution >= 4 is 0 Å². The fraction of sp³-hybridized carbons (Fsp3) is 0.500. The summed E-state index contributed by atoms with van der Waals surface area (Å²) in [6.45, 7) is 1.84. The van der Waals surface area contributed by atoms with Crippen molar-refractivity contribution in [1.82, 2.24) is 0 Å². The molecule has 0 unspecified atom stereocenters. The molecule has 0 aliphatic heterocycles. The van der Waals surface area contributed by atoms with Crippen LogP contribution in [0.4, 0.5) is 4.39 Å². The third-order valence-corrected chi connectivity index (χ3v) is 2.81. The average Bonchev–Trinajstić information content (AvgIpc) is 2.12. The summed E-state index contributed by atoms with van der Waals surface area (Å²) in [6, 6.07) is 4.35. The van der Waals surface area contributed by atoms with Gasteiger partial charge in [0.15, 0.2) is 0 Å². The van der Waals surface area contributed by atoms with Gasteiger partial charge >= 0.3 is 0 Å². The summed E-state index contributed by atoms with van der Waals surface area (Å²) in [6.07, 6.45) is 3.71. The monoisotopic (exact) mass is 209 g/mol. The van der Waals surface area contributed by atoms with Crippen LogP contribution in [0.3, 0.4) is 0 Å². The van der Waals surface area contributed by atoms with Gasteiger partial charge < -0.3 is 10.5 Å². The molecule has 82 valence electrons. The first kappa shape index (κ1) is 10.4. The van der Waals surface area contributed by atoms with Crippen LogP contribution in [-0.4, -0.2) is 6.10 Å². The maximum Gasteiger partial charge on any atom is 0.124 e. The van der Waals surface area contributed by atoms with Crippen LogP contribution in [0.1, 0.15) is 37.8 Å². The van der Waals surface area contributed by atoms with Gasteiger partial charge in [-0.1, -0.05) is 0 Å². The Hall–Kier alpha value is -1.09. The van der Waals surface area contributed by atoms with E-state index in [-0.39, 0.29) is 11.9 Å². The van der Waals surface area contributed by atoms with Crippen molar-refractivity contribution < 1.29 is 9.13 Å². The van der Waals surface area contributed by atoms with Crippen molar-refractivity contribution in [2.45, 2.75) is 38.3 Å². The van der Waals surface area contributed by atoms with Gasteiger partial charge in [0.05, 0.1) is 6.10 Å². The van der Waals surface area contributed by atoms with Crippen LogP contribution in [-0.2, 0) is 0 Å². The lowest BCUT2D eigenvalue weighted by atomic mass is 9.96. The quantitative estimate of drug-likeness (QED) is 0.830. The van der Waals surface area contributed by atoms with E-state index in [0.29, 0.717) is 6.10 Å². The molecule has 1 aromatic rings. The highest BCUT2D eigenvalue weighted by molar-refractivity contribution is 5.36. The highest BCUT2D eigenvalue weighted by Gasteiger charge is 2.21. The van der Waals surface area contributed by atoms with Crippen LogP contribution in [0.5, 0.6) is 5.75 Å². The molecule has 1 saturated carbocycles. The molecule has 2 N–H and O–H groups in total. The Morgan fingerprint density at radius 3 is 2.73 bits per heavy atom. The van der Waals surface area contributed by atoms with Crippen LogP contribution >= 0.6 is 0 Å². The Labute approximate surface area is 89.2 Å². The molecule has 3 heteroatoms. The second kappa shape index (κ2) is 4.19. The molecule has 0 spiro atoms. The van der Waals surface area contributed by atoms with Crippen molar-refractivity contribution in [3.8, 4) is 5.75 Å². The molecule has 0 bridgehead atoms. The van der Waals surface area contributed by atoms with E-state index >= 15 is 0 Å².